The van der Waals surface area contributed by atoms with Crippen LogP contribution in [0.15, 0.2) is 30.3 Å². The standard InChI is InChI=1S/C13H20N2O/c1-10(2)14-12(16)13(3,4)15-11-8-6-5-7-9-11/h5-10,15H,1-4H3,(H,14,16). The lowest BCUT2D eigenvalue weighted by Gasteiger charge is -2.27. The van der Waals surface area contributed by atoms with Gasteiger partial charge in [0.2, 0.25) is 5.91 Å². The normalized spacial score (nSPS) is 11.3. The van der Waals surface area contributed by atoms with E-state index >= 15 is 0 Å². The molecule has 0 atom stereocenters. The summed E-state index contributed by atoms with van der Waals surface area (Å²) in [7, 11) is 0. The van der Waals surface area contributed by atoms with Crippen LogP contribution in [-0.2, 0) is 4.79 Å². The van der Waals surface area contributed by atoms with E-state index in [4.69, 9.17) is 0 Å². The highest BCUT2D eigenvalue weighted by Crippen LogP contribution is 2.14. The molecule has 2 N–H and O–H groups in total. The lowest BCUT2D eigenvalue weighted by atomic mass is 10.0. The summed E-state index contributed by atoms with van der Waals surface area (Å²) < 4.78 is 0. The molecule has 3 heteroatoms. The summed E-state index contributed by atoms with van der Waals surface area (Å²) >= 11 is 0. The van der Waals surface area contributed by atoms with Crippen molar-refractivity contribution in [3.8, 4) is 0 Å². The molecule has 0 heterocycles. The number of carbonyl (C=O) groups excluding carboxylic acids is 1. The average Bonchev–Trinajstić information content (AvgIpc) is 2.17. The van der Waals surface area contributed by atoms with Crippen LogP contribution in [0.2, 0.25) is 0 Å². The molecule has 1 amide bonds. The predicted octanol–water partition coefficient (Wildman–Crippen LogP) is 2.40. The summed E-state index contributed by atoms with van der Waals surface area (Å²) in [6.07, 6.45) is 0. The van der Waals surface area contributed by atoms with Crippen molar-refractivity contribution >= 4 is 11.6 Å². The number of para-hydroxylation sites is 1. The molecular formula is C13H20N2O. The zero-order valence-electron chi connectivity index (χ0n) is 10.4. The van der Waals surface area contributed by atoms with Crippen LogP contribution in [0.3, 0.4) is 0 Å². The molecule has 1 rings (SSSR count). The lowest BCUT2D eigenvalue weighted by Crippen LogP contribution is -2.49. The number of hydrogen-bond acceptors (Lipinski definition) is 2. The van der Waals surface area contributed by atoms with Crippen molar-refractivity contribution in [2.75, 3.05) is 5.32 Å². The molecule has 0 unspecified atom stereocenters. The highest BCUT2D eigenvalue weighted by atomic mass is 16.2. The summed E-state index contributed by atoms with van der Waals surface area (Å²) in [5.74, 6) is 0.00588. The minimum Gasteiger partial charge on any atom is -0.372 e. The molecule has 88 valence electrons. The molecule has 0 bridgehead atoms. The van der Waals surface area contributed by atoms with Crippen LogP contribution < -0.4 is 10.6 Å². The highest BCUT2D eigenvalue weighted by Gasteiger charge is 2.27. The number of carbonyl (C=O) groups is 1. The second kappa shape index (κ2) is 5.01. The van der Waals surface area contributed by atoms with E-state index in [0.717, 1.165) is 5.69 Å². The van der Waals surface area contributed by atoms with E-state index < -0.39 is 5.54 Å². The van der Waals surface area contributed by atoms with Crippen LogP contribution in [0.25, 0.3) is 0 Å². The van der Waals surface area contributed by atoms with Gasteiger partial charge in [-0.15, -0.1) is 0 Å². The monoisotopic (exact) mass is 220 g/mol. The van der Waals surface area contributed by atoms with Gasteiger partial charge in [-0.1, -0.05) is 18.2 Å². The fraction of sp³-hybridized carbons (Fsp3) is 0.462. The van der Waals surface area contributed by atoms with E-state index in [1.54, 1.807) is 0 Å². The number of nitrogens with one attached hydrogen (secondary N) is 2. The molecule has 0 aliphatic heterocycles. The predicted molar refractivity (Wildman–Crippen MR) is 67.4 cm³/mol. The smallest absolute Gasteiger partial charge is 0.245 e. The van der Waals surface area contributed by atoms with Crippen LogP contribution in [0, 0.1) is 0 Å². The van der Waals surface area contributed by atoms with Gasteiger partial charge in [-0.25, -0.2) is 0 Å². The molecule has 0 fully saturated rings. The molecule has 0 radical (unpaired) electrons. The summed E-state index contributed by atoms with van der Waals surface area (Å²) in [4.78, 5) is 11.9. The Morgan fingerprint density at radius 2 is 1.75 bits per heavy atom. The Labute approximate surface area is 97.2 Å². The summed E-state index contributed by atoms with van der Waals surface area (Å²) in [5, 5.41) is 6.11. The van der Waals surface area contributed by atoms with Crippen LogP contribution in [0.4, 0.5) is 5.69 Å². The first-order valence-corrected chi connectivity index (χ1v) is 5.56. The van der Waals surface area contributed by atoms with Crippen molar-refractivity contribution in [1.82, 2.24) is 5.32 Å². The Bertz CT molecular complexity index is 344. The molecule has 0 aromatic heterocycles. The van der Waals surface area contributed by atoms with Gasteiger partial charge in [0.15, 0.2) is 0 Å². The molecule has 16 heavy (non-hydrogen) atoms. The molecule has 0 saturated carbocycles. The van der Waals surface area contributed by atoms with E-state index in [1.165, 1.54) is 0 Å². The van der Waals surface area contributed by atoms with Gasteiger partial charge in [-0.3, -0.25) is 4.79 Å². The first-order chi connectivity index (χ1) is 7.42. The number of amides is 1. The summed E-state index contributed by atoms with van der Waals surface area (Å²) in [5.41, 5.74) is 0.345. The zero-order valence-corrected chi connectivity index (χ0v) is 10.4. The molecule has 1 aromatic rings. The van der Waals surface area contributed by atoms with Gasteiger partial charge >= 0.3 is 0 Å². The quantitative estimate of drug-likeness (QED) is 0.818. The topological polar surface area (TPSA) is 41.1 Å². The Kier molecular flexibility index (Phi) is 3.93. The molecule has 0 aliphatic carbocycles. The Balaban J connectivity index is 2.68. The third-order valence-corrected chi connectivity index (χ3v) is 2.22. The van der Waals surface area contributed by atoms with Gasteiger partial charge in [0.25, 0.3) is 0 Å². The second-order valence-electron chi connectivity index (χ2n) is 4.74. The van der Waals surface area contributed by atoms with E-state index in [9.17, 15) is 4.79 Å². The third-order valence-electron chi connectivity index (χ3n) is 2.22. The van der Waals surface area contributed by atoms with Gasteiger partial charge in [0, 0.05) is 11.7 Å². The molecule has 0 spiro atoms. The van der Waals surface area contributed by atoms with Gasteiger partial charge in [0.1, 0.15) is 5.54 Å². The van der Waals surface area contributed by atoms with Crippen LogP contribution in [0.5, 0.6) is 0 Å². The fourth-order valence-electron chi connectivity index (χ4n) is 1.38. The van der Waals surface area contributed by atoms with Gasteiger partial charge in [-0.2, -0.15) is 0 Å². The first kappa shape index (κ1) is 12.6. The van der Waals surface area contributed by atoms with Crippen molar-refractivity contribution in [1.29, 1.82) is 0 Å². The maximum atomic E-state index is 11.9. The number of anilines is 1. The maximum Gasteiger partial charge on any atom is 0.245 e. The second-order valence-corrected chi connectivity index (χ2v) is 4.74. The molecule has 0 saturated heterocycles. The number of hydrogen-bond donors (Lipinski definition) is 2. The van der Waals surface area contributed by atoms with E-state index in [2.05, 4.69) is 10.6 Å². The zero-order chi connectivity index (χ0) is 12.2. The number of benzene rings is 1. The van der Waals surface area contributed by atoms with Crippen molar-refractivity contribution in [2.24, 2.45) is 0 Å². The van der Waals surface area contributed by atoms with Gasteiger partial charge in [0.05, 0.1) is 0 Å². The van der Waals surface area contributed by atoms with Crippen molar-refractivity contribution in [2.45, 2.75) is 39.3 Å². The SMILES string of the molecule is CC(C)NC(=O)C(C)(C)Nc1ccccc1. The van der Waals surface area contributed by atoms with Crippen LogP contribution in [0.1, 0.15) is 27.7 Å². The van der Waals surface area contributed by atoms with Crippen molar-refractivity contribution in [3.05, 3.63) is 30.3 Å². The third kappa shape index (κ3) is 3.57. The average molecular weight is 220 g/mol. The number of rotatable bonds is 4. The molecule has 0 aliphatic rings. The summed E-state index contributed by atoms with van der Waals surface area (Å²) in [6.45, 7) is 7.66. The Morgan fingerprint density at radius 3 is 2.25 bits per heavy atom. The minimum atomic E-state index is -0.606. The summed E-state index contributed by atoms with van der Waals surface area (Å²) in [6, 6.07) is 9.89. The van der Waals surface area contributed by atoms with Crippen molar-refractivity contribution in [3.63, 3.8) is 0 Å². The van der Waals surface area contributed by atoms with E-state index in [0.29, 0.717) is 0 Å². The maximum absolute atomic E-state index is 11.9. The van der Waals surface area contributed by atoms with Crippen LogP contribution >= 0.6 is 0 Å². The molecule has 3 nitrogen and oxygen atoms in total. The minimum absolute atomic E-state index is 0.00588. The Morgan fingerprint density at radius 1 is 1.19 bits per heavy atom. The van der Waals surface area contributed by atoms with Gasteiger partial charge in [-0.05, 0) is 39.8 Å². The van der Waals surface area contributed by atoms with Gasteiger partial charge < -0.3 is 10.6 Å². The molecule has 1 aromatic carbocycles. The molecular weight excluding hydrogens is 200 g/mol. The van der Waals surface area contributed by atoms with E-state index in [-0.39, 0.29) is 11.9 Å². The van der Waals surface area contributed by atoms with Crippen molar-refractivity contribution < 1.29 is 4.79 Å². The first-order valence-electron chi connectivity index (χ1n) is 5.56. The van der Waals surface area contributed by atoms with E-state index in [1.807, 2.05) is 58.0 Å². The largest absolute Gasteiger partial charge is 0.372 e. The fourth-order valence-corrected chi connectivity index (χ4v) is 1.38. The Hall–Kier alpha value is -1.51. The lowest BCUT2D eigenvalue weighted by molar-refractivity contribution is -0.125. The highest BCUT2D eigenvalue weighted by molar-refractivity contribution is 5.88. The van der Waals surface area contributed by atoms with Crippen LogP contribution in [-0.4, -0.2) is 17.5 Å².